The summed E-state index contributed by atoms with van der Waals surface area (Å²) in [4.78, 5) is 15.1. The number of hydrogen-bond donors (Lipinski definition) is 1. The summed E-state index contributed by atoms with van der Waals surface area (Å²) in [6.45, 7) is 6.74. The number of hydrogen-bond acceptors (Lipinski definition) is 4. The van der Waals surface area contributed by atoms with Crippen LogP contribution in [0.15, 0.2) is 42.5 Å². The van der Waals surface area contributed by atoms with Crippen molar-refractivity contribution in [2.75, 3.05) is 20.2 Å². The Kier molecular flexibility index (Phi) is 7.40. The van der Waals surface area contributed by atoms with Crippen LogP contribution in [0, 0.1) is 0 Å². The van der Waals surface area contributed by atoms with Crippen LogP contribution in [0.2, 0.25) is 5.02 Å². The predicted molar refractivity (Wildman–Crippen MR) is 116 cm³/mol. The van der Waals surface area contributed by atoms with Crippen LogP contribution in [-0.4, -0.2) is 43.2 Å². The summed E-state index contributed by atoms with van der Waals surface area (Å²) in [6.07, 6.45) is 1.91. The SMILES string of the molecule is COc1cc(C(=O)NC2CCN(Cc3ccc(Cl)cc3)CC2)ccc1OC(C)C. The molecule has 5 nitrogen and oxygen atoms in total. The molecule has 1 N–H and O–H groups in total. The van der Waals surface area contributed by atoms with Crippen LogP contribution >= 0.6 is 11.6 Å². The number of nitrogens with zero attached hydrogens (tertiary/aromatic N) is 1. The number of piperidine rings is 1. The van der Waals surface area contributed by atoms with Gasteiger partial charge in [-0.25, -0.2) is 0 Å². The van der Waals surface area contributed by atoms with E-state index in [0.29, 0.717) is 17.1 Å². The number of methoxy groups -OCH3 is 1. The number of carbonyl (C=O) groups excluding carboxylic acids is 1. The number of benzene rings is 2. The first kappa shape index (κ1) is 21.5. The topological polar surface area (TPSA) is 50.8 Å². The first-order valence-electron chi connectivity index (χ1n) is 10.1. The average Bonchev–Trinajstić information content (AvgIpc) is 2.71. The van der Waals surface area contributed by atoms with Crippen molar-refractivity contribution in [3.63, 3.8) is 0 Å². The Labute approximate surface area is 177 Å². The number of ether oxygens (including phenoxy) is 2. The maximum absolute atomic E-state index is 12.7. The lowest BCUT2D eigenvalue weighted by atomic mass is 10.0. The molecule has 0 spiro atoms. The second-order valence-electron chi connectivity index (χ2n) is 7.68. The van der Waals surface area contributed by atoms with E-state index in [1.807, 2.05) is 26.0 Å². The molecule has 0 aliphatic carbocycles. The molecule has 0 atom stereocenters. The second kappa shape index (κ2) is 9.99. The third-order valence-corrected chi connectivity index (χ3v) is 5.28. The summed E-state index contributed by atoms with van der Waals surface area (Å²) in [7, 11) is 1.58. The molecule has 1 fully saturated rings. The third-order valence-electron chi connectivity index (χ3n) is 5.03. The Morgan fingerprint density at radius 1 is 1.14 bits per heavy atom. The highest BCUT2D eigenvalue weighted by atomic mass is 35.5. The van der Waals surface area contributed by atoms with Gasteiger partial charge < -0.3 is 14.8 Å². The normalized spacial score (nSPS) is 15.3. The van der Waals surface area contributed by atoms with Crippen molar-refractivity contribution < 1.29 is 14.3 Å². The first-order valence-corrected chi connectivity index (χ1v) is 10.4. The van der Waals surface area contributed by atoms with E-state index in [2.05, 4.69) is 22.3 Å². The highest BCUT2D eigenvalue weighted by molar-refractivity contribution is 6.30. The number of nitrogens with one attached hydrogen (secondary N) is 1. The number of rotatable bonds is 7. The van der Waals surface area contributed by atoms with Crippen molar-refractivity contribution >= 4 is 17.5 Å². The molecule has 2 aromatic carbocycles. The van der Waals surface area contributed by atoms with Gasteiger partial charge in [0, 0.05) is 36.3 Å². The molecule has 0 bridgehead atoms. The number of likely N-dealkylation sites (tertiary alicyclic amines) is 1. The summed E-state index contributed by atoms with van der Waals surface area (Å²) < 4.78 is 11.1. The van der Waals surface area contributed by atoms with Crippen LogP contribution in [0.4, 0.5) is 0 Å². The van der Waals surface area contributed by atoms with Gasteiger partial charge in [-0.1, -0.05) is 23.7 Å². The van der Waals surface area contributed by atoms with Crippen LogP contribution in [0.5, 0.6) is 11.5 Å². The molecule has 1 amide bonds. The molecule has 2 aromatic rings. The maximum Gasteiger partial charge on any atom is 0.251 e. The van der Waals surface area contributed by atoms with Crippen LogP contribution in [0.1, 0.15) is 42.6 Å². The van der Waals surface area contributed by atoms with Gasteiger partial charge in [0.15, 0.2) is 11.5 Å². The van der Waals surface area contributed by atoms with E-state index in [-0.39, 0.29) is 18.1 Å². The highest BCUT2D eigenvalue weighted by Crippen LogP contribution is 2.29. The fourth-order valence-corrected chi connectivity index (χ4v) is 3.64. The van der Waals surface area contributed by atoms with Gasteiger partial charge in [0.1, 0.15) is 0 Å². The fourth-order valence-electron chi connectivity index (χ4n) is 3.51. The molecular weight excluding hydrogens is 388 g/mol. The van der Waals surface area contributed by atoms with E-state index < -0.39 is 0 Å². The van der Waals surface area contributed by atoms with Gasteiger partial charge in [0.25, 0.3) is 5.91 Å². The lowest BCUT2D eigenvalue weighted by Gasteiger charge is -2.32. The van der Waals surface area contributed by atoms with Gasteiger partial charge >= 0.3 is 0 Å². The van der Waals surface area contributed by atoms with Gasteiger partial charge in [-0.2, -0.15) is 0 Å². The zero-order valence-corrected chi connectivity index (χ0v) is 18.0. The van der Waals surface area contributed by atoms with Crippen molar-refractivity contribution in [1.82, 2.24) is 10.2 Å². The van der Waals surface area contributed by atoms with E-state index in [4.69, 9.17) is 21.1 Å². The molecule has 1 heterocycles. The first-order chi connectivity index (χ1) is 13.9. The minimum atomic E-state index is -0.0736. The van der Waals surface area contributed by atoms with Crippen molar-refractivity contribution in [2.45, 2.75) is 45.4 Å². The molecule has 1 saturated heterocycles. The summed E-state index contributed by atoms with van der Waals surface area (Å²) in [5.74, 6) is 1.15. The molecular formula is C23H29ClN2O3. The van der Waals surface area contributed by atoms with Crippen molar-refractivity contribution in [1.29, 1.82) is 0 Å². The van der Waals surface area contributed by atoms with Crippen LogP contribution in [-0.2, 0) is 6.54 Å². The van der Waals surface area contributed by atoms with E-state index in [1.54, 1.807) is 25.3 Å². The molecule has 6 heteroatoms. The summed E-state index contributed by atoms with van der Waals surface area (Å²) in [6, 6.07) is 13.5. The smallest absolute Gasteiger partial charge is 0.251 e. The number of amides is 1. The molecule has 1 aliphatic heterocycles. The quantitative estimate of drug-likeness (QED) is 0.720. The molecule has 0 saturated carbocycles. The largest absolute Gasteiger partial charge is 0.493 e. The zero-order valence-electron chi connectivity index (χ0n) is 17.3. The fraction of sp³-hybridized carbons (Fsp3) is 0.435. The van der Waals surface area contributed by atoms with Gasteiger partial charge in [-0.15, -0.1) is 0 Å². The lowest BCUT2D eigenvalue weighted by molar-refractivity contribution is 0.0908. The molecule has 29 heavy (non-hydrogen) atoms. The van der Waals surface area contributed by atoms with Crippen LogP contribution in [0.25, 0.3) is 0 Å². The minimum Gasteiger partial charge on any atom is -0.493 e. The Bertz CT molecular complexity index is 815. The zero-order chi connectivity index (χ0) is 20.8. The highest BCUT2D eigenvalue weighted by Gasteiger charge is 2.22. The van der Waals surface area contributed by atoms with E-state index in [0.717, 1.165) is 37.5 Å². The Balaban J connectivity index is 1.52. The molecule has 1 aliphatic rings. The monoisotopic (exact) mass is 416 g/mol. The van der Waals surface area contributed by atoms with Crippen molar-refractivity contribution in [3.8, 4) is 11.5 Å². The maximum atomic E-state index is 12.7. The molecule has 0 aromatic heterocycles. The van der Waals surface area contributed by atoms with E-state index in [9.17, 15) is 4.79 Å². The Morgan fingerprint density at radius 3 is 2.45 bits per heavy atom. The number of carbonyl (C=O) groups is 1. The van der Waals surface area contributed by atoms with E-state index >= 15 is 0 Å². The molecule has 156 valence electrons. The molecule has 0 radical (unpaired) electrons. The molecule has 3 rings (SSSR count). The van der Waals surface area contributed by atoms with E-state index in [1.165, 1.54) is 5.56 Å². The van der Waals surface area contributed by atoms with Crippen LogP contribution in [0.3, 0.4) is 0 Å². The second-order valence-corrected chi connectivity index (χ2v) is 8.12. The average molecular weight is 417 g/mol. The van der Waals surface area contributed by atoms with Gasteiger partial charge in [-0.05, 0) is 62.6 Å². The van der Waals surface area contributed by atoms with Gasteiger partial charge in [-0.3, -0.25) is 9.69 Å². The minimum absolute atomic E-state index is 0.0432. The van der Waals surface area contributed by atoms with Crippen molar-refractivity contribution in [2.24, 2.45) is 0 Å². The van der Waals surface area contributed by atoms with Crippen LogP contribution < -0.4 is 14.8 Å². The Morgan fingerprint density at radius 2 is 1.83 bits per heavy atom. The van der Waals surface area contributed by atoms with Gasteiger partial charge in [0.2, 0.25) is 0 Å². The van der Waals surface area contributed by atoms with Gasteiger partial charge in [0.05, 0.1) is 13.2 Å². The van der Waals surface area contributed by atoms with Crippen molar-refractivity contribution in [3.05, 3.63) is 58.6 Å². The lowest BCUT2D eigenvalue weighted by Crippen LogP contribution is -2.44. The Hall–Kier alpha value is -2.24. The molecule has 0 unspecified atom stereocenters. The third kappa shape index (κ3) is 6.12. The summed E-state index contributed by atoms with van der Waals surface area (Å²) in [5.41, 5.74) is 1.84. The predicted octanol–water partition coefficient (Wildman–Crippen LogP) is 4.53. The number of halogens is 1. The summed E-state index contributed by atoms with van der Waals surface area (Å²) in [5, 5.41) is 3.92. The summed E-state index contributed by atoms with van der Waals surface area (Å²) >= 11 is 5.95. The standard InChI is InChI=1S/C23H29ClN2O3/c1-16(2)29-21-9-6-18(14-22(21)28-3)23(27)25-20-10-12-26(13-11-20)15-17-4-7-19(24)8-5-17/h4-9,14,16,20H,10-13,15H2,1-3H3,(H,25,27).